The summed E-state index contributed by atoms with van der Waals surface area (Å²) >= 11 is 1.75. The summed E-state index contributed by atoms with van der Waals surface area (Å²) in [6, 6.07) is 5.90. The van der Waals surface area contributed by atoms with E-state index in [0.717, 1.165) is 17.3 Å². The second kappa shape index (κ2) is 4.68. The van der Waals surface area contributed by atoms with Gasteiger partial charge in [-0.1, -0.05) is 6.07 Å². The van der Waals surface area contributed by atoms with E-state index in [2.05, 4.69) is 10.6 Å². The summed E-state index contributed by atoms with van der Waals surface area (Å²) in [6.45, 7) is 1.33. The number of carbonyl (C=O) groups is 1. The van der Waals surface area contributed by atoms with E-state index < -0.39 is 0 Å². The molecule has 1 saturated heterocycles. The van der Waals surface area contributed by atoms with Crippen molar-refractivity contribution in [1.82, 2.24) is 5.32 Å². The molecular formula is C12H14N2O2S. The summed E-state index contributed by atoms with van der Waals surface area (Å²) in [7, 11) is 0. The molecule has 1 unspecified atom stereocenters. The van der Waals surface area contributed by atoms with Crippen molar-refractivity contribution in [2.24, 2.45) is 0 Å². The van der Waals surface area contributed by atoms with Crippen molar-refractivity contribution < 1.29 is 9.53 Å². The van der Waals surface area contributed by atoms with E-state index in [1.807, 2.05) is 18.2 Å². The summed E-state index contributed by atoms with van der Waals surface area (Å²) in [6.07, 6.45) is 0. The van der Waals surface area contributed by atoms with Crippen molar-refractivity contribution in [2.75, 3.05) is 16.9 Å². The summed E-state index contributed by atoms with van der Waals surface area (Å²) in [5.74, 6) is 1.75. The van der Waals surface area contributed by atoms with E-state index in [1.54, 1.807) is 11.8 Å². The topological polar surface area (TPSA) is 50.4 Å². The number of carbonyl (C=O) groups excluding carboxylic acids is 1. The van der Waals surface area contributed by atoms with Gasteiger partial charge in [-0.15, -0.1) is 11.8 Å². The highest BCUT2D eigenvalue weighted by Crippen LogP contribution is 2.23. The number of fused-ring (bicyclic) bond motifs is 1. The van der Waals surface area contributed by atoms with Crippen LogP contribution in [-0.4, -0.2) is 23.6 Å². The average Bonchev–Trinajstić information content (AvgIpc) is 2.99. The summed E-state index contributed by atoms with van der Waals surface area (Å²) < 4.78 is 5.35. The first kappa shape index (κ1) is 11.1. The number of amides is 1. The number of thioether (sulfide) groups is 1. The second-order valence-corrected chi connectivity index (χ2v) is 5.27. The van der Waals surface area contributed by atoms with E-state index in [1.165, 1.54) is 11.1 Å². The molecule has 2 heterocycles. The van der Waals surface area contributed by atoms with Crippen LogP contribution in [0.4, 0.5) is 5.69 Å². The maximum absolute atomic E-state index is 11.9. The van der Waals surface area contributed by atoms with Gasteiger partial charge in [0.15, 0.2) is 0 Å². The number of hydrogen-bond donors (Lipinski definition) is 2. The molecule has 0 bridgehead atoms. The molecule has 90 valence electrons. The molecule has 2 aliphatic rings. The first-order valence-corrected chi connectivity index (χ1v) is 6.80. The van der Waals surface area contributed by atoms with Crippen molar-refractivity contribution in [3.8, 4) is 0 Å². The molecular weight excluding hydrogens is 236 g/mol. The lowest BCUT2D eigenvalue weighted by molar-refractivity contribution is -0.117. The standard InChI is InChI=1S/C12H14N2O2S/c15-12(11-6-17-7-13-11)14-10-2-1-8-4-16-5-9(8)3-10/h1-3,11,13H,4-7H2,(H,14,15). The maximum Gasteiger partial charge on any atom is 0.242 e. The lowest BCUT2D eigenvalue weighted by atomic mass is 10.1. The molecule has 0 saturated carbocycles. The largest absolute Gasteiger partial charge is 0.372 e. The summed E-state index contributed by atoms with van der Waals surface area (Å²) in [4.78, 5) is 11.9. The predicted octanol–water partition coefficient (Wildman–Crippen LogP) is 1.32. The van der Waals surface area contributed by atoms with Gasteiger partial charge in [-0.25, -0.2) is 0 Å². The molecule has 0 aliphatic carbocycles. The second-order valence-electron chi connectivity index (χ2n) is 4.24. The Kier molecular flexibility index (Phi) is 3.05. The van der Waals surface area contributed by atoms with Crippen LogP contribution in [0, 0.1) is 0 Å². The highest BCUT2D eigenvalue weighted by Gasteiger charge is 2.22. The zero-order valence-corrected chi connectivity index (χ0v) is 10.2. The lowest BCUT2D eigenvalue weighted by Crippen LogP contribution is -2.37. The van der Waals surface area contributed by atoms with Crippen LogP contribution in [0.15, 0.2) is 18.2 Å². The van der Waals surface area contributed by atoms with Gasteiger partial charge in [-0.3, -0.25) is 10.1 Å². The first-order chi connectivity index (χ1) is 8.33. The van der Waals surface area contributed by atoms with Crippen LogP contribution in [0.2, 0.25) is 0 Å². The number of hydrogen-bond acceptors (Lipinski definition) is 4. The third-order valence-electron chi connectivity index (χ3n) is 3.02. The average molecular weight is 250 g/mol. The van der Waals surface area contributed by atoms with Crippen LogP contribution < -0.4 is 10.6 Å². The molecule has 0 spiro atoms. The molecule has 1 atom stereocenters. The third-order valence-corrected chi connectivity index (χ3v) is 3.96. The fourth-order valence-corrected chi connectivity index (χ4v) is 2.98. The Hall–Kier alpha value is -1.04. The summed E-state index contributed by atoms with van der Waals surface area (Å²) in [5.41, 5.74) is 3.26. The molecule has 0 radical (unpaired) electrons. The number of nitrogens with one attached hydrogen (secondary N) is 2. The molecule has 5 heteroatoms. The highest BCUT2D eigenvalue weighted by molar-refractivity contribution is 7.99. The minimum Gasteiger partial charge on any atom is -0.372 e. The van der Waals surface area contributed by atoms with Crippen LogP contribution in [0.1, 0.15) is 11.1 Å². The van der Waals surface area contributed by atoms with E-state index >= 15 is 0 Å². The Morgan fingerprint density at radius 2 is 2.29 bits per heavy atom. The van der Waals surface area contributed by atoms with E-state index in [-0.39, 0.29) is 11.9 Å². The van der Waals surface area contributed by atoms with Gasteiger partial charge in [0.25, 0.3) is 0 Å². The Morgan fingerprint density at radius 3 is 3.12 bits per heavy atom. The fraction of sp³-hybridized carbons (Fsp3) is 0.417. The number of benzene rings is 1. The van der Waals surface area contributed by atoms with E-state index in [4.69, 9.17) is 4.74 Å². The lowest BCUT2D eigenvalue weighted by Gasteiger charge is -2.11. The smallest absolute Gasteiger partial charge is 0.242 e. The van der Waals surface area contributed by atoms with Gasteiger partial charge < -0.3 is 10.1 Å². The van der Waals surface area contributed by atoms with Gasteiger partial charge in [-0.05, 0) is 23.3 Å². The van der Waals surface area contributed by atoms with Crippen molar-refractivity contribution in [3.63, 3.8) is 0 Å². The molecule has 3 rings (SSSR count). The Labute approximate surface area is 104 Å². The quantitative estimate of drug-likeness (QED) is 0.831. The zero-order valence-electron chi connectivity index (χ0n) is 9.36. The van der Waals surface area contributed by atoms with Crippen molar-refractivity contribution in [1.29, 1.82) is 0 Å². The predicted molar refractivity (Wildman–Crippen MR) is 67.8 cm³/mol. The minimum absolute atomic E-state index is 0.0499. The number of rotatable bonds is 2. The van der Waals surface area contributed by atoms with Crippen molar-refractivity contribution in [3.05, 3.63) is 29.3 Å². The SMILES string of the molecule is O=C(Nc1ccc2c(c1)COC2)C1CSCN1. The van der Waals surface area contributed by atoms with E-state index in [0.29, 0.717) is 13.2 Å². The van der Waals surface area contributed by atoms with Gasteiger partial charge in [0.1, 0.15) is 0 Å². The Balaban J connectivity index is 1.70. The monoisotopic (exact) mass is 250 g/mol. The van der Waals surface area contributed by atoms with Gasteiger partial charge in [0, 0.05) is 17.3 Å². The van der Waals surface area contributed by atoms with Gasteiger partial charge in [-0.2, -0.15) is 0 Å². The van der Waals surface area contributed by atoms with E-state index in [9.17, 15) is 4.79 Å². The molecule has 4 nitrogen and oxygen atoms in total. The molecule has 1 aromatic carbocycles. The van der Waals surface area contributed by atoms with Gasteiger partial charge in [0.2, 0.25) is 5.91 Å². The van der Waals surface area contributed by atoms with Crippen molar-refractivity contribution >= 4 is 23.4 Å². The first-order valence-electron chi connectivity index (χ1n) is 5.64. The molecule has 1 aromatic rings. The molecule has 1 fully saturated rings. The fourth-order valence-electron chi connectivity index (χ4n) is 2.04. The zero-order chi connectivity index (χ0) is 11.7. The maximum atomic E-state index is 11.9. The number of anilines is 1. The van der Waals surface area contributed by atoms with Gasteiger partial charge >= 0.3 is 0 Å². The highest BCUT2D eigenvalue weighted by atomic mass is 32.2. The van der Waals surface area contributed by atoms with Crippen LogP contribution in [0.3, 0.4) is 0 Å². The Morgan fingerprint density at radius 1 is 1.41 bits per heavy atom. The Bertz CT molecular complexity index is 444. The molecule has 2 N–H and O–H groups in total. The normalized spacial score (nSPS) is 22.5. The van der Waals surface area contributed by atoms with Gasteiger partial charge in [0.05, 0.1) is 19.3 Å². The molecule has 1 amide bonds. The third kappa shape index (κ3) is 2.31. The van der Waals surface area contributed by atoms with Crippen LogP contribution in [0.5, 0.6) is 0 Å². The number of ether oxygens (including phenoxy) is 1. The van der Waals surface area contributed by atoms with Crippen molar-refractivity contribution in [2.45, 2.75) is 19.3 Å². The minimum atomic E-state index is -0.0653. The summed E-state index contributed by atoms with van der Waals surface area (Å²) in [5, 5.41) is 6.10. The molecule has 17 heavy (non-hydrogen) atoms. The van der Waals surface area contributed by atoms with Crippen LogP contribution in [0.25, 0.3) is 0 Å². The van der Waals surface area contributed by atoms with Crippen LogP contribution >= 0.6 is 11.8 Å². The molecule has 2 aliphatic heterocycles. The van der Waals surface area contributed by atoms with Crippen LogP contribution in [-0.2, 0) is 22.7 Å². The molecule has 0 aromatic heterocycles.